The van der Waals surface area contributed by atoms with Crippen LogP contribution in [0.1, 0.15) is 47.6 Å². The van der Waals surface area contributed by atoms with E-state index in [0.29, 0.717) is 0 Å². The molecule has 3 aromatic rings. The van der Waals surface area contributed by atoms with Crippen LogP contribution in [0.5, 0.6) is 0 Å². The van der Waals surface area contributed by atoms with Crippen LogP contribution in [0.25, 0.3) is 22.2 Å². The van der Waals surface area contributed by atoms with Gasteiger partial charge in [-0.1, -0.05) is 30.7 Å². The first-order chi connectivity index (χ1) is 12.0. The van der Waals surface area contributed by atoms with E-state index in [1.807, 2.05) is 0 Å². The predicted molar refractivity (Wildman–Crippen MR) is 109 cm³/mol. The van der Waals surface area contributed by atoms with E-state index in [9.17, 15) is 0 Å². The van der Waals surface area contributed by atoms with Crippen LogP contribution in [0.2, 0.25) is 0 Å². The average Bonchev–Trinajstić information content (AvgIpc) is 2.91. The van der Waals surface area contributed by atoms with Crippen molar-refractivity contribution in [2.24, 2.45) is 5.73 Å². The lowest BCUT2D eigenvalue weighted by Crippen LogP contribution is -2.00. The van der Waals surface area contributed by atoms with Gasteiger partial charge in [0, 0.05) is 16.5 Å². The van der Waals surface area contributed by atoms with E-state index in [0.717, 1.165) is 32.2 Å². The van der Waals surface area contributed by atoms with Gasteiger partial charge in [0.2, 0.25) is 0 Å². The van der Waals surface area contributed by atoms with Crippen molar-refractivity contribution in [2.45, 2.75) is 53.4 Å². The minimum atomic E-state index is 0.764. The Balaban J connectivity index is 2.21. The van der Waals surface area contributed by atoms with E-state index >= 15 is 0 Å². The zero-order valence-electron chi connectivity index (χ0n) is 16.0. The number of nitrogens with two attached hydrogens (primary N) is 1. The molecule has 0 atom stereocenters. The Labute approximate surface area is 151 Å². The number of rotatable bonds is 6. The Hall–Kier alpha value is -2.06. The molecule has 0 fully saturated rings. The van der Waals surface area contributed by atoms with Crippen LogP contribution in [0.15, 0.2) is 30.3 Å². The third kappa shape index (κ3) is 3.50. The molecule has 3 N–H and O–H groups in total. The highest BCUT2D eigenvalue weighted by Crippen LogP contribution is 2.36. The Bertz CT molecular complexity index is 863. The third-order valence-corrected chi connectivity index (χ3v) is 5.19. The van der Waals surface area contributed by atoms with Gasteiger partial charge in [0.25, 0.3) is 0 Å². The van der Waals surface area contributed by atoms with E-state index in [2.05, 4.69) is 63.0 Å². The summed E-state index contributed by atoms with van der Waals surface area (Å²) >= 11 is 0. The number of nitrogens with one attached hydrogen (secondary N) is 1. The molecule has 0 saturated carbocycles. The number of aromatic nitrogens is 1. The van der Waals surface area contributed by atoms with Gasteiger partial charge >= 0.3 is 0 Å². The molecule has 2 nitrogen and oxygen atoms in total. The van der Waals surface area contributed by atoms with Gasteiger partial charge in [0.1, 0.15) is 0 Å². The maximum Gasteiger partial charge on any atom is 0.0502 e. The monoisotopic (exact) mass is 334 g/mol. The summed E-state index contributed by atoms with van der Waals surface area (Å²) in [6.45, 7) is 9.60. The first-order valence-electron chi connectivity index (χ1n) is 9.47. The van der Waals surface area contributed by atoms with E-state index in [1.165, 1.54) is 50.0 Å². The molecule has 0 unspecified atom stereocenters. The molecule has 2 aromatic carbocycles. The van der Waals surface area contributed by atoms with Crippen molar-refractivity contribution in [1.82, 2.24) is 4.98 Å². The number of fused-ring (bicyclic) bond motifs is 1. The topological polar surface area (TPSA) is 41.8 Å². The number of benzene rings is 2. The molecule has 0 bridgehead atoms. The van der Waals surface area contributed by atoms with Crippen LogP contribution in [0.4, 0.5) is 0 Å². The molecule has 2 heteroatoms. The fourth-order valence-corrected chi connectivity index (χ4v) is 4.01. The zero-order valence-corrected chi connectivity index (χ0v) is 16.0. The van der Waals surface area contributed by atoms with Crippen LogP contribution >= 0.6 is 0 Å². The molecule has 3 rings (SSSR count). The van der Waals surface area contributed by atoms with Gasteiger partial charge in [-0.25, -0.2) is 0 Å². The van der Waals surface area contributed by atoms with Gasteiger partial charge in [0.15, 0.2) is 0 Å². The molecule has 132 valence electrons. The van der Waals surface area contributed by atoms with Crippen molar-refractivity contribution in [3.63, 3.8) is 0 Å². The molecule has 1 aromatic heterocycles. The van der Waals surface area contributed by atoms with Gasteiger partial charge in [-0.2, -0.15) is 0 Å². The molecule has 0 amide bonds. The van der Waals surface area contributed by atoms with Gasteiger partial charge in [-0.05, 0) is 87.4 Å². The minimum absolute atomic E-state index is 0.764. The summed E-state index contributed by atoms with van der Waals surface area (Å²) in [6, 6.07) is 11.4. The Kier molecular flexibility index (Phi) is 5.29. The van der Waals surface area contributed by atoms with Gasteiger partial charge in [-0.3, -0.25) is 0 Å². The lowest BCUT2D eigenvalue weighted by Gasteiger charge is -2.13. The molecule has 0 radical (unpaired) electrons. The Morgan fingerprint density at radius 3 is 2.32 bits per heavy atom. The molecule has 0 saturated heterocycles. The number of hydrogen-bond acceptors (Lipinski definition) is 1. The fourth-order valence-electron chi connectivity index (χ4n) is 4.01. The van der Waals surface area contributed by atoms with Crippen molar-refractivity contribution < 1.29 is 0 Å². The predicted octanol–water partition coefficient (Wildman–Crippen LogP) is 5.60. The van der Waals surface area contributed by atoms with Crippen molar-refractivity contribution in [1.29, 1.82) is 0 Å². The highest BCUT2D eigenvalue weighted by atomic mass is 14.7. The Morgan fingerprint density at radius 2 is 1.68 bits per heavy atom. The summed E-state index contributed by atoms with van der Waals surface area (Å²) in [6.07, 6.45) is 4.36. The third-order valence-electron chi connectivity index (χ3n) is 5.19. The summed E-state index contributed by atoms with van der Waals surface area (Å²) in [5.41, 5.74) is 16.5. The van der Waals surface area contributed by atoms with E-state index in [4.69, 9.17) is 5.73 Å². The van der Waals surface area contributed by atoms with Crippen molar-refractivity contribution in [3.8, 4) is 11.3 Å². The minimum Gasteiger partial charge on any atom is -0.354 e. The van der Waals surface area contributed by atoms with Crippen LogP contribution in [-0.2, 0) is 12.8 Å². The SMILES string of the molecule is CCc1ccc2[nH]c(-c3c(C)cc(C)cc3C)c(CCCCN)c2c1. The second-order valence-electron chi connectivity index (χ2n) is 7.23. The van der Waals surface area contributed by atoms with E-state index < -0.39 is 0 Å². The largest absolute Gasteiger partial charge is 0.354 e. The number of unbranched alkanes of at least 4 members (excludes halogenated alkanes) is 1. The lowest BCUT2D eigenvalue weighted by molar-refractivity contribution is 0.748. The smallest absolute Gasteiger partial charge is 0.0502 e. The number of aryl methyl sites for hydroxylation is 5. The molecule has 25 heavy (non-hydrogen) atoms. The van der Waals surface area contributed by atoms with Crippen LogP contribution in [-0.4, -0.2) is 11.5 Å². The Morgan fingerprint density at radius 1 is 0.960 bits per heavy atom. The van der Waals surface area contributed by atoms with Crippen LogP contribution in [0.3, 0.4) is 0 Å². The first-order valence-corrected chi connectivity index (χ1v) is 9.47. The van der Waals surface area contributed by atoms with Gasteiger partial charge < -0.3 is 10.7 Å². The summed E-state index contributed by atoms with van der Waals surface area (Å²) in [5.74, 6) is 0. The number of hydrogen-bond donors (Lipinski definition) is 2. The maximum atomic E-state index is 5.73. The number of aromatic amines is 1. The normalized spacial score (nSPS) is 11.4. The van der Waals surface area contributed by atoms with E-state index in [1.54, 1.807) is 0 Å². The van der Waals surface area contributed by atoms with Crippen molar-refractivity contribution in [2.75, 3.05) is 6.54 Å². The molecule has 0 aliphatic carbocycles. The molecule has 0 spiro atoms. The van der Waals surface area contributed by atoms with E-state index in [-0.39, 0.29) is 0 Å². The molecule has 1 heterocycles. The first kappa shape index (κ1) is 17.8. The van der Waals surface area contributed by atoms with Crippen LogP contribution < -0.4 is 5.73 Å². The van der Waals surface area contributed by atoms with Gasteiger partial charge in [-0.15, -0.1) is 0 Å². The molecule has 0 aliphatic rings. The second-order valence-corrected chi connectivity index (χ2v) is 7.23. The molecular weight excluding hydrogens is 304 g/mol. The fraction of sp³-hybridized carbons (Fsp3) is 0.391. The molecule has 0 aliphatic heterocycles. The van der Waals surface area contributed by atoms with Crippen LogP contribution in [0, 0.1) is 20.8 Å². The summed E-state index contributed by atoms with van der Waals surface area (Å²) in [5, 5.41) is 1.38. The van der Waals surface area contributed by atoms with Crippen molar-refractivity contribution in [3.05, 3.63) is 58.1 Å². The van der Waals surface area contributed by atoms with Crippen molar-refractivity contribution >= 4 is 10.9 Å². The molecular formula is C23H30N2. The number of H-pyrrole nitrogens is 1. The van der Waals surface area contributed by atoms with Gasteiger partial charge in [0.05, 0.1) is 5.69 Å². The lowest BCUT2D eigenvalue weighted by atomic mass is 9.93. The standard InChI is InChI=1S/C23H30N2/c1-5-18-9-10-21-20(14-18)19(8-6-7-11-24)23(25-21)22-16(3)12-15(2)13-17(22)4/h9-10,12-14,25H,5-8,11,24H2,1-4H3. The maximum absolute atomic E-state index is 5.73. The highest BCUT2D eigenvalue weighted by molar-refractivity contribution is 5.92. The quantitative estimate of drug-likeness (QED) is 0.566. The summed E-state index contributed by atoms with van der Waals surface area (Å²) in [7, 11) is 0. The highest BCUT2D eigenvalue weighted by Gasteiger charge is 2.17. The average molecular weight is 335 g/mol. The second kappa shape index (κ2) is 7.45. The summed E-state index contributed by atoms with van der Waals surface area (Å²) in [4.78, 5) is 3.73. The zero-order chi connectivity index (χ0) is 18.0. The summed E-state index contributed by atoms with van der Waals surface area (Å²) < 4.78 is 0.